The molecule has 0 radical (unpaired) electrons. The lowest BCUT2D eigenvalue weighted by Gasteiger charge is -2.35. The number of hydrogen-bond acceptors (Lipinski definition) is 4. The van der Waals surface area contributed by atoms with Crippen molar-refractivity contribution in [3.63, 3.8) is 0 Å². The summed E-state index contributed by atoms with van der Waals surface area (Å²) >= 11 is 0. The number of carbonyl (C=O) groups excluding carboxylic acids is 3. The van der Waals surface area contributed by atoms with Crippen LogP contribution in [0.1, 0.15) is 26.4 Å². The summed E-state index contributed by atoms with van der Waals surface area (Å²) in [5.41, 5.74) is -1.27. The fourth-order valence-electron chi connectivity index (χ4n) is 3.67. The Labute approximate surface area is 190 Å². The van der Waals surface area contributed by atoms with E-state index in [0.29, 0.717) is 23.8 Å². The molecule has 2 aromatic heterocycles. The van der Waals surface area contributed by atoms with Crippen LogP contribution in [0.5, 0.6) is 0 Å². The van der Waals surface area contributed by atoms with Gasteiger partial charge in [-0.1, -0.05) is 6.07 Å². The first-order valence-electron chi connectivity index (χ1n) is 10.3. The number of carbonyl (C=O) groups is 3. The summed E-state index contributed by atoms with van der Waals surface area (Å²) in [5, 5.41) is 2.49. The van der Waals surface area contributed by atoms with Crippen LogP contribution in [0.4, 0.5) is 17.6 Å². The number of hydrogen-bond donors (Lipinski definition) is 1. The van der Waals surface area contributed by atoms with E-state index in [2.05, 4.69) is 10.3 Å². The SMILES string of the molecule is O=C(NCC(=O)N1CCN(C(=O)c2cc(F)ccc2C(F)(F)F)CC1)c1cn2ccccc2n1. The molecule has 3 aromatic rings. The van der Waals surface area contributed by atoms with E-state index in [1.165, 1.54) is 11.1 Å². The summed E-state index contributed by atoms with van der Waals surface area (Å²) in [7, 11) is 0. The minimum Gasteiger partial charge on any atom is -0.342 e. The summed E-state index contributed by atoms with van der Waals surface area (Å²) in [5.74, 6) is -2.85. The number of imidazole rings is 1. The molecule has 0 aliphatic carbocycles. The van der Waals surface area contributed by atoms with Crippen molar-refractivity contribution in [3.8, 4) is 0 Å². The summed E-state index contributed by atoms with van der Waals surface area (Å²) in [4.78, 5) is 44.1. The van der Waals surface area contributed by atoms with E-state index in [1.807, 2.05) is 0 Å². The minimum atomic E-state index is -4.81. The van der Waals surface area contributed by atoms with Crippen molar-refractivity contribution in [1.29, 1.82) is 0 Å². The van der Waals surface area contributed by atoms with Gasteiger partial charge < -0.3 is 19.5 Å². The van der Waals surface area contributed by atoms with Gasteiger partial charge >= 0.3 is 6.18 Å². The normalized spacial score (nSPS) is 14.4. The number of rotatable bonds is 4. The zero-order valence-corrected chi connectivity index (χ0v) is 17.7. The molecule has 3 amide bonds. The molecule has 0 unspecified atom stereocenters. The van der Waals surface area contributed by atoms with Crippen molar-refractivity contribution in [2.24, 2.45) is 0 Å². The van der Waals surface area contributed by atoms with Crippen molar-refractivity contribution < 1.29 is 31.9 Å². The van der Waals surface area contributed by atoms with Crippen molar-refractivity contribution >= 4 is 23.4 Å². The van der Waals surface area contributed by atoms with Gasteiger partial charge in [-0.3, -0.25) is 14.4 Å². The average Bonchev–Trinajstić information content (AvgIpc) is 3.25. The maximum atomic E-state index is 13.5. The lowest BCUT2D eigenvalue weighted by molar-refractivity contribution is -0.138. The van der Waals surface area contributed by atoms with Crippen LogP contribution in [0, 0.1) is 5.82 Å². The average molecular weight is 477 g/mol. The molecule has 0 saturated carbocycles. The standard InChI is InChI=1S/C22H19F4N5O3/c23-14-4-5-16(22(24,25)26)15(11-14)21(34)30-9-7-29(8-10-30)19(32)12-27-20(33)17-13-31-6-2-1-3-18(31)28-17/h1-6,11,13H,7-10,12H2,(H,27,33). The van der Waals surface area contributed by atoms with Gasteiger partial charge in [-0.2, -0.15) is 13.2 Å². The predicted molar refractivity (Wildman–Crippen MR) is 111 cm³/mol. The maximum Gasteiger partial charge on any atom is 0.417 e. The highest BCUT2D eigenvalue weighted by Gasteiger charge is 2.37. The van der Waals surface area contributed by atoms with Crippen molar-refractivity contribution in [3.05, 3.63) is 71.4 Å². The molecule has 1 aromatic carbocycles. The number of piperazine rings is 1. The van der Waals surface area contributed by atoms with Crippen molar-refractivity contribution in [1.82, 2.24) is 24.5 Å². The van der Waals surface area contributed by atoms with E-state index in [1.54, 1.807) is 28.8 Å². The first-order chi connectivity index (χ1) is 16.1. The van der Waals surface area contributed by atoms with Gasteiger partial charge in [0.15, 0.2) is 0 Å². The summed E-state index contributed by atoms with van der Waals surface area (Å²) in [6.45, 7) is -0.239. The van der Waals surface area contributed by atoms with Crippen LogP contribution >= 0.6 is 0 Å². The zero-order valence-electron chi connectivity index (χ0n) is 17.7. The Morgan fingerprint density at radius 2 is 1.71 bits per heavy atom. The monoisotopic (exact) mass is 477 g/mol. The Bertz CT molecular complexity index is 1220. The van der Waals surface area contributed by atoms with Gasteiger partial charge in [-0.15, -0.1) is 0 Å². The Balaban J connectivity index is 1.33. The van der Waals surface area contributed by atoms with Gasteiger partial charge in [-0.05, 0) is 30.3 Å². The van der Waals surface area contributed by atoms with E-state index >= 15 is 0 Å². The molecule has 3 heterocycles. The number of fused-ring (bicyclic) bond motifs is 1. The fourth-order valence-corrected chi connectivity index (χ4v) is 3.67. The lowest BCUT2D eigenvalue weighted by atomic mass is 10.0. The third kappa shape index (κ3) is 4.85. The Morgan fingerprint density at radius 1 is 1.00 bits per heavy atom. The van der Waals surface area contributed by atoms with Gasteiger partial charge in [0.05, 0.1) is 17.7 Å². The number of amides is 3. The number of aromatic nitrogens is 2. The zero-order chi connectivity index (χ0) is 24.5. The van der Waals surface area contributed by atoms with Crippen LogP contribution in [0.3, 0.4) is 0 Å². The molecule has 1 saturated heterocycles. The Morgan fingerprint density at radius 3 is 2.38 bits per heavy atom. The molecule has 4 rings (SSSR count). The molecule has 0 atom stereocenters. The summed E-state index contributed by atoms with van der Waals surface area (Å²) < 4.78 is 54.9. The number of pyridine rings is 1. The van der Waals surface area contributed by atoms with E-state index in [9.17, 15) is 31.9 Å². The van der Waals surface area contributed by atoms with Crippen LogP contribution in [-0.2, 0) is 11.0 Å². The van der Waals surface area contributed by atoms with Crippen molar-refractivity contribution in [2.75, 3.05) is 32.7 Å². The highest BCUT2D eigenvalue weighted by Crippen LogP contribution is 2.33. The first-order valence-corrected chi connectivity index (χ1v) is 10.3. The van der Waals surface area contributed by atoms with Crippen LogP contribution in [0.15, 0.2) is 48.8 Å². The van der Waals surface area contributed by atoms with Crippen LogP contribution in [0.2, 0.25) is 0 Å². The molecule has 12 heteroatoms. The van der Waals surface area contributed by atoms with Crippen LogP contribution in [-0.4, -0.2) is 69.6 Å². The Kier molecular flexibility index (Phi) is 6.22. The van der Waals surface area contributed by atoms with Gasteiger partial charge in [0.2, 0.25) is 5.91 Å². The first kappa shape index (κ1) is 23.2. The van der Waals surface area contributed by atoms with E-state index < -0.39 is 40.8 Å². The van der Waals surface area contributed by atoms with Crippen LogP contribution in [0.25, 0.3) is 5.65 Å². The second kappa shape index (κ2) is 9.12. The number of benzene rings is 1. The summed E-state index contributed by atoms with van der Waals surface area (Å²) in [6, 6.07) is 7.03. The van der Waals surface area contributed by atoms with E-state index in [4.69, 9.17) is 0 Å². The highest BCUT2D eigenvalue weighted by atomic mass is 19.4. The second-order valence-electron chi connectivity index (χ2n) is 7.64. The number of halogens is 4. The molecule has 1 fully saturated rings. The smallest absolute Gasteiger partial charge is 0.342 e. The largest absolute Gasteiger partial charge is 0.417 e. The topological polar surface area (TPSA) is 87.0 Å². The van der Waals surface area contributed by atoms with Gasteiger partial charge in [-0.25, -0.2) is 9.37 Å². The molecule has 0 bridgehead atoms. The highest BCUT2D eigenvalue weighted by molar-refractivity contribution is 5.97. The Hall–Kier alpha value is -3.96. The van der Waals surface area contributed by atoms with E-state index in [-0.39, 0.29) is 38.4 Å². The molecule has 0 spiro atoms. The molecule has 8 nitrogen and oxygen atoms in total. The third-order valence-electron chi connectivity index (χ3n) is 5.43. The third-order valence-corrected chi connectivity index (χ3v) is 5.43. The number of nitrogens with one attached hydrogen (secondary N) is 1. The van der Waals surface area contributed by atoms with Gasteiger partial charge in [0.25, 0.3) is 11.8 Å². The molecule has 1 aliphatic heterocycles. The lowest BCUT2D eigenvalue weighted by Crippen LogP contribution is -2.52. The molecule has 1 N–H and O–H groups in total. The van der Waals surface area contributed by atoms with Gasteiger partial charge in [0, 0.05) is 38.6 Å². The van der Waals surface area contributed by atoms with Crippen LogP contribution < -0.4 is 5.32 Å². The molecule has 178 valence electrons. The number of nitrogens with zero attached hydrogens (tertiary/aromatic N) is 4. The molecular weight excluding hydrogens is 458 g/mol. The predicted octanol–water partition coefficient (Wildman–Crippen LogP) is 2.21. The molecular formula is C22H19F4N5O3. The fraction of sp³-hybridized carbons (Fsp3) is 0.273. The number of alkyl halides is 3. The quantitative estimate of drug-likeness (QED) is 0.584. The minimum absolute atomic E-state index is 0.0290. The van der Waals surface area contributed by atoms with Gasteiger partial charge in [0.1, 0.15) is 17.2 Å². The maximum absolute atomic E-state index is 13.5. The van der Waals surface area contributed by atoms with Crippen molar-refractivity contribution in [2.45, 2.75) is 6.18 Å². The summed E-state index contributed by atoms with van der Waals surface area (Å²) in [6.07, 6.45) is -1.55. The second-order valence-corrected chi connectivity index (χ2v) is 7.64. The molecule has 34 heavy (non-hydrogen) atoms. The molecule has 1 aliphatic rings. The van der Waals surface area contributed by atoms with E-state index in [0.717, 1.165) is 4.90 Å².